The largest absolute Gasteiger partial charge is 1.00 e. The number of hydrogen-bond acceptors (Lipinski definition) is 18. The minimum absolute atomic E-state index is 0. The van der Waals surface area contributed by atoms with E-state index in [4.69, 9.17) is 28.5 Å². The average Bonchev–Trinajstić information content (AvgIpc) is 3.41. The normalized spacial score (nSPS) is 19.2. The Morgan fingerprint density at radius 3 is 1.88 bits per heavy atom. The number of hydrogen-bond donors (Lipinski definition) is 4. The summed E-state index contributed by atoms with van der Waals surface area (Å²) in [6, 6.07) is -0.621. The van der Waals surface area contributed by atoms with Gasteiger partial charge in [0.05, 0.1) is 70.1 Å². The molecule has 4 amide bonds. The van der Waals surface area contributed by atoms with Gasteiger partial charge in [0.15, 0.2) is 0 Å². The molecule has 22 nitrogen and oxygen atoms in total. The molecule has 1 fully saturated rings. The van der Waals surface area contributed by atoms with Gasteiger partial charge in [-0.25, -0.2) is 18.0 Å². The SMILES string of the molecule is CCCCC(CC)COC(=O)C(CC(C)(C)C(=O)OCCN(C(=O)NCC1(C)CC(NC(=O)ON=C(C)CC)CC(C)(C)C1)C(C)(C)C)CC(C)(CC(C)(CC(CC)C(=O)NC(C)(C)CS(=O)(=O)[O-])C(=O)OCCO)C(=O)OCCOC.[Na+]. The third kappa shape index (κ3) is 29.1. The number of aliphatic hydroxyl groups is 1. The van der Waals surface area contributed by atoms with Crippen LogP contribution in [0.15, 0.2) is 5.16 Å². The first-order valence-corrected chi connectivity index (χ1v) is 30.9. The van der Waals surface area contributed by atoms with Gasteiger partial charge in [0, 0.05) is 36.7 Å². The number of nitrogens with one attached hydrogen (secondary N) is 3. The monoisotopic (exact) mass is 1210 g/mol. The molecule has 7 unspecified atom stereocenters. The fourth-order valence-corrected chi connectivity index (χ4v) is 12.4. The summed E-state index contributed by atoms with van der Waals surface area (Å²) in [5.41, 5.74) is -7.04. The molecule has 7 atom stereocenters. The second-order valence-corrected chi connectivity index (χ2v) is 28.2. The van der Waals surface area contributed by atoms with Gasteiger partial charge in [-0.2, -0.15) is 0 Å². The molecular formula is C59H106N5NaO17S. The zero-order valence-electron chi connectivity index (χ0n) is 54.1. The Morgan fingerprint density at radius 2 is 1.36 bits per heavy atom. The Bertz CT molecular complexity index is 2240. The molecule has 0 aromatic carbocycles. The maximum Gasteiger partial charge on any atom is 1.00 e. The number of urea groups is 1. The number of carbonyl (C=O) groups is 7. The Hall–Kier alpha value is -3.61. The average molecular weight is 1210 g/mol. The summed E-state index contributed by atoms with van der Waals surface area (Å²) in [6.07, 6.45) is 4.30. The van der Waals surface area contributed by atoms with Gasteiger partial charge >= 0.3 is 65.6 Å². The van der Waals surface area contributed by atoms with Crippen molar-refractivity contribution in [2.75, 3.05) is 65.6 Å². The number of nitrogens with zero attached hydrogens (tertiary/aromatic N) is 2. The van der Waals surface area contributed by atoms with E-state index in [0.717, 1.165) is 32.1 Å². The molecule has 0 radical (unpaired) electrons. The van der Waals surface area contributed by atoms with Crippen LogP contribution in [0.5, 0.6) is 0 Å². The minimum atomic E-state index is -4.77. The number of ether oxygens (including phenoxy) is 5. The van der Waals surface area contributed by atoms with Gasteiger partial charge < -0.3 is 54.2 Å². The van der Waals surface area contributed by atoms with E-state index in [9.17, 15) is 51.6 Å². The molecule has 0 aromatic heterocycles. The standard InChI is InChI=1S/C59H107N5O17S.Na/c1-19-23-24-42(21-3)36-80-47(67)44(33-59(17,50(70)79-30-29-76-18)38-58(16,49(69)78-28-26-65)32-43(22-4)46(66)62-56(13,14)40-82(73,74)75)31-55(11,12)48(68)77-27-25-64(53(6,7)8)51(71)60-39-57(15)35-45(34-54(9,10)37-57)61-52(72)81-63-41(5)20-2;/h42-45,65H,19-40H2,1-18H3,(H,60,71)(H,61,72)(H,62,66)(H,73,74,75);/q;+1/p-1. The first-order valence-electron chi connectivity index (χ1n) is 29.3. The van der Waals surface area contributed by atoms with Crippen molar-refractivity contribution < 1.29 is 110 Å². The second-order valence-electron chi connectivity index (χ2n) is 26.8. The van der Waals surface area contributed by atoms with Crippen molar-refractivity contribution in [3.05, 3.63) is 0 Å². The van der Waals surface area contributed by atoms with Crippen LogP contribution in [-0.4, -0.2) is 153 Å². The first kappa shape index (κ1) is 79.4. The van der Waals surface area contributed by atoms with E-state index in [-0.39, 0.29) is 125 Å². The summed E-state index contributed by atoms with van der Waals surface area (Å²) in [5.74, 6) is -6.89. The van der Waals surface area contributed by atoms with Crippen LogP contribution >= 0.6 is 0 Å². The molecule has 1 saturated carbocycles. The molecule has 4 N–H and O–H groups in total. The number of oxime groups is 1. The topological polar surface area (TPSA) is 304 Å². The predicted molar refractivity (Wildman–Crippen MR) is 311 cm³/mol. The van der Waals surface area contributed by atoms with Crippen molar-refractivity contribution in [1.82, 2.24) is 20.9 Å². The van der Waals surface area contributed by atoms with Gasteiger partial charge in [-0.3, -0.25) is 28.8 Å². The molecule has 1 aliphatic carbocycles. The molecule has 0 bridgehead atoms. The Morgan fingerprint density at radius 1 is 0.783 bits per heavy atom. The third-order valence-corrected chi connectivity index (χ3v) is 16.4. The van der Waals surface area contributed by atoms with Crippen molar-refractivity contribution in [1.29, 1.82) is 0 Å². The number of amides is 4. The van der Waals surface area contributed by atoms with E-state index in [1.165, 1.54) is 34.8 Å². The Kier molecular flexibility index (Phi) is 33.7. The van der Waals surface area contributed by atoms with Gasteiger partial charge in [0.25, 0.3) is 0 Å². The molecule has 0 aliphatic heterocycles. The van der Waals surface area contributed by atoms with Crippen molar-refractivity contribution in [2.45, 2.75) is 218 Å². The number of carbonyl (C=O) groups excluding carboxylic acids is 7. The van der Waals surface area contributed by atoms with Gasteiger partial charge in [-0.1, -0.05) is 72.9 Å². The summed E-state index contributed by atoms with van der Waals surface area (Å²) >= 11 is 0. The smallest absolute Gasteiger partial charge is 0.748 e. The van der Waals surface area contributed by atoms with Crippen LogP contribution < -0.4 is 45.5 Å². The summed E-state index contributed by atoms with van der Waals surface area (Å²) < 4.78 is 63.6. The zero-order valence-corrected chi connectivity index (χ0v) is 57.0. The summed E-state index contributed by atoms with van der Waals surface area (Å²) in [4.78, 5) is 105. The van der Waals surface area contributed by atoms with Crippen molar-refractivity contribution in [3.63, 3.8) is 0 Å². The van der Waals surface area contributed by atoms with Gasteiger partial charge in [-0.05, 0) is 150 Å². The van der Waals surface area contributed by atoms with Crippen LogP contribution in [0.4, 0.5) is 9.59 Å². The maximum atomic E-state index is 14.7. The first-order chi connectivity index (χ1) is 37.7. The molecule has 83 heavy (non-hydrogen) atoms. The van der Waals surface area contributed by atoms with Crippen LogP contribution in [-0.2, 0) is 62.6 Å². The van der Waals surface area contributed by atoms with Crippen LogP contribution in [0.25, 0.3) is 0 Å². The predicted octanol–water partition coefficient (Wildman–Crippen LogP) is 5.61. The summed E-state index contributed by atoms with van der Waals surface area (Å²) in [5, 5.41) is 22.3. The van der Waals surface area contributed by atoms with Crippen molar-refractivity contribution in [3.8, 4) is 0 Å². The number of esters is 4. The van der Waals surface area contributed by atoms with E-state index in [0.29, 0.717) is 25.0 Å². The molecule has 0 aromatic rings. The van der Waals surface area contributed by atoms with E-state index in [1.54, 1.807) is 32.6 Å². The molecule has 0 saturated heterocycles. The Balaban J connectivity index is 0.0000672. The van der Waals surface area contributed by atoms with Crippen molar-refractivity contribution in [2.24, 2.45) is 50.0 Å². The van der Waals surface area contributed by atoms with E-state index >= 15 is 0 Å². The molecular weight excluding hydrogens is 1110 g/mol. The van der Waals surface area contributed by atoms with Gasteiger partial charge in [-0.15, -0.1) is 0 Å². The van der Waals surface area contributed by atoms with E-state index in [2.05, 4.69) is 48.8 Å². The van der Waals surface area contributed by atoms with Crippen LogP contribution in [0.3, 0.4) is 0 Å². The summed E-state index contributed by atoms with van der Waals surface area (Å²) in [7, 11) is -3.35. The van der Waals surface area contributed by atoms with Crippen molar-refractivity contribution >= 4 is 57.7 Å². The fraction of sp³-hybridized carbons (Fsp3) is 0.864. The fourth-order valence-electron chi connectivity index (χ4n) is 11.4. The molecule has 24 heteroatoms. The van der Waals surface area contributed by atoms with Crippen LogP contribution in [0.1, 0.15) is 201 Å². The minimum Gasteiger partial charge on any atom is -0.748 e. The number of methoxy groups -OCH3 is 1. The number of aliphatic hydroxyl groups excluding tert-OH is 1. The Labute approximate surface area is 519 Å². The molecule has 0 heterocycles. The number of unbranched alkanes of at least 4 members (excludes halogenated alkanes) is 1. The molecule has 0 spiro atoms. The van der Waals surface area contributed by atoms with Crippen LogP contribution in [0.2, 0.25) is 0 Å². The second kappa shape index (κ2) is 35.3. The molecule has 476 valence electrons. The zero-order chi connectivity index (χ0) is 63.1. The number of rotatable bonds is 36. The third-order valence-electron chi connectivity index (χ3n) is 15.3. The molecule has 1 rings (SSSR count). The molecule has 1 aliphatic rings. The van der Waals surface area contributed by atoms with Gasteiger partial charge in [0.1, 0.15) is 19.8 Å². The van der Waals surface area contributed by atoms with E-state index < -0.39 is 110 Å². The summed E-state index contributed by atoms with van der Waals surface area (Å²) in [6.45, 7) is 29.2. The van der Waals surface area contributed by atoms with E-state index in [1.807, 2.05) is 34.6 Å². The quantitative estimate of drug-likeness (QED) is 0.00866. The maximum absolute atomic E-state index is 14.7. The van der Waals surface area contributed by atoms with Crippen LogP contribution in [0, 0.1) is 44.8 Å². The van der Waals surface area contributed by atoms with Gasteiger partial charge in [0.2, 0.25) is 5.91 Å².